The molecule has 0 atom stereocenters. The van der Waals surface area contributed by atoms with E-state index in [0.29, 0.717) is 11.3 Å². The van der Waals surface area contributed by atoms with Gasteiger partial charge in [0.2, 0.25) is 5.88 Å². The van der Waals surface area contributed by atoms with Gasteiger partial charge in [0.25, 0.3) is 0 Å². The van der Waals surface area contributed by atoms with Gasteiger partial charge in [0.1, 0.15) is 16.4 Å². The highest BCUT2D eigenvalue weighted by molar-refractivity contribution is 6.38. The summed E-state index contributed by atoms with van der Waals surface area (Å²) in [4.78, 5) is 16.2. The van der Waals surface area contributed by atoms with Crippen molar-refractivity contribution in [3.63, 3.8) is 0 Å². The van der Waals surface area contributed by atoms with E-state index in [4.69, 9.17) is 37.2 Å². The van der Waals surface area contributed by atoms with Crippen LogP contribution in [0, 0.1) is 0 Å². The molecule has 2 aromatic rings. The number of ether oxygens (including phenoxy) is 2. The number of carbonyl (C=O) groups excluding carboxylic acids is 1. The zero-order valence-electron chi connectivity index (χ0n) is 11.9. The van der Waals surface area contributed by atoms with Crippen LogP contribution in [0.3, 0.4) is 0 Å². The molecule has 1 aliphatic carbocycles. The van der Waals surface area contributed by atoms with Gasteiger partial charge in [0.05, 0.1) is 24.8 Å². The smallest absolute Gasteiger partial charge is 0.343 e. The standard InChI is InChI=1S/C14H12Cl2N2O4/c1-20-8-5-7(15)9(13(16)17-8)11-10(14(19)21-2)12(22-18-11)6-3-4-6/h5-6H,3-4H2,1-2H3. The van der Waals surface area contributed by atoms with Crippen molar-refractivity contribution in [2.24, 2.45) is 0 Å². The Hall–Kier alpha value is -1.79. The number of esters is 1. The van der Waals surface area contributed by atoms with Crippen LogP contribution < -0.4 is 4.74 Å². The largest absolute Gasteiger partial charge is 0.481 e. The van der Waals surface area contributed by atoms with E-state index in [9.17, 15) is 4.79 Å². The average Bonchev–Trinajstić information content (AvgIpc) is 3.26. The lowest BCUT2D eigenvalue weighted by atomic mass is 10.1. The molecule has 2 aromatic heterocycles. The molecular formula is C14H12Cl2N2O4. The molecule has 0 saturated heterocycles. The molecule has 0 bridgehead atoms. The van der Waals surface area contributed by atoms with Crippen molar-refractivity contribution in [2.75, 3.05) is 14.2 Å². The van der Waals surface area contributed by atoms with Gasteiger partial charge in [0, 0.05) is 12.0 Å². The predicted octanol–water partition coefficient (Wildman–Crippen LogP) is 3.72. The summed E-state index contributed by atoms with van der Waals surface area (Å²) in [5.41, 5.74) is 0.805. The van der Waals surface area contributed by atoms with Gasteiger partial charge >= 0.3 is 5.97 Å². The van der Waals surface area contributed by atoms with E-state index in [2.05, 4.69) is 10.1 Å². The molecule has 6 nitrogen and oxygen atoms in total. The number of hydrogen-bond acceptors (Lipinski definition) is 6. The van der Waals surface area contributed by atoms with Crippen molar-refractivity contribution < 1.29 is 18.8 Å². The summed E-state index contributed by atoms with van der Waals surface area (Å²) in [6, 6.07) is 1.50. The lowest BCUT2D eigenvalue weighted by Gasteiger charge is -2.07. The second kappa shape index (κ2) is 5.78. The molecule has 0 spiro atoms. The van der Waals surface area contributed by atoms with Gasteiger partial charge in [0.15, 0.2) is 5.76 Å². The molecule has 0 unspecified atom stereocenters. The van der Waals surface area contributed by atoms with Crippen molar-refractivity contribution in [3.8, 4) is 17.1 Å². The maximum Gasteiger partial charge on any atom is 0.343 e. The average molecular weight is 343 g/mol. The molecule has 22 heavy (non-hydrogen) atoms. The maximum absolute atomic E-state index is 12.1. The normalized spacial score (nSPS) is 14.0. The number of carbonyl (C=O) groups is 1. The van der Waals surface area contributed by atoms with Gasteiger partial charge in [-0.2, -0.15) is 0 Å². The van der Waals surface area contributed by atoms with E-state index in [-0.39, 0.29) is 33.2 Å². The summed E-state index contributed by atoms with van der Waals surface area (Å²) < 4.78 is 15.2. The maximum atomic E-state index is 12.1. The van der Waals surface area contributed by atoms with Crippen molar-refractivity contribution in [1.29, 1.82) is 0 Å². The first-order chi connectivity index (χ1) is 10.6. The van der Waals surface area contributed by atoms with Crippen LogP contribution in [0.5, 0.6) is 5.88 Å². The van der Waals surface area contributed by atoms with Crippen LogP contribution >= 0.6 is 23.2 Å². The van der Waals surface area contributed by atoms with Gasteiger partial charge in [-0.05, 0) is 12.8 Å². The van der Waals surface area contributed by atoms with Gasteiger partial charge in [-0.3, -0.25) is 0 Å². The van der Waals surface area contributed by atoms with Crippen molar-refractivity contribution in [2.45, 2.75) is 18.8 Å². The lowest BCUT2D eigenvalue weighted by Crippen LogP contribution is -2.05. The summed E-state index contributed by atoms with van der Waals surface area (Å²) in [5.74, 6) is 0.411. The van der Waals surface area contributed by atoms with E-state index < -0.39 is 5.97 Å². The number of methoxy groups -OCH3 is 2. The molecule has 2 heterocycles. The van der Waals surface area contributed by atoms with Crippen LogP contribution in [0.25, 0.3) is 11.3 Å². The second-order valence-electron chi connectivity index (χ2n) is 4.85. The highest BCUT2D eigenvalue weighted by atomic mass is 35.5. The highest BCUT2D eigenvalue weighted by Gasteiger charge is 2.37. The van der Waals surface area contributed by atoms with Crippen LogP contribution in [0.4, 0.5) is 0 Å². The predicted molar refractivity (Wildman–Crippen MR) is 79.6 cm³/mol. The highest BCUT2D eigenvalue weighted by Crippen LogP contribution is 2.46. The Bertz CT molecular complexity index is 717. The Balaban J connectivity index is 2.18. The van der Waals surface area contributed by atoms with Crippen molar-refractivity contribution in [1.82, 2.24) is 10.1 Å². The van der Waals surface area contributed by atoms with E-state index in [1.54, 1.807) is 0 Å². The van der Waals surface area contributed by atoms with Gasteiger partial charge in [-0.25, -0.2) is 9.78 Å². The van der Waals surface area contributed by atoms with Crippen LogP contribution in [-0.4, -0.2) is 30.3 Å². The Morgan fingerprint density at radius 2 is 2.09 bits per heavy atom. The fourth-order valence-electron chi connectivity index (χ4n) is 2.18. The van der Waals surface area contributed by atoms with E-state index in [1.807, 2.05) is 0 Å². The molecule has 0 aromatic carbocycles. The molecule has 0 radical (unpaired) electrons. The van der Waals surface area contributed by atoms with Gasteiger partial charge in [-0.1, -0.05) is 28.4 Å². The number of halogens is 2. The van der Waals surface area contributed by atoms with Gasteiger partial charge in [-0.15, -0.1) is 0 Å². The quantitative estimate of drug-likeness (QED) is 0.622. The van der Waals surface area contributed by atoms with E-state index in [0.717, 1.165) is 12.8 Å². The summed E-state index contributed by atoms with van der Waals surface area (Å²) in [6.45, 7) is 0. The molecule has 116 valence electrons. The third kappa shape index (κ3) is 2.53. The minimum atomic E-state index is -0.541. The first-order valence-corrected chi connectivity index (χ1v) is 7.30. The first-order valence-electron chi connectivity index (χ1n) is 6.55. The molecule has 0 N–H and O–H groups in total. The SMILES string of the molecule is COC(=O)c1c(-c2c(Cl)cc(OC)nc2Cl)noc1C1CC1. The lowest BCUT2D eigenvalue weighted by molar-refractivity contribution is 0.0599. The zero-order chi connectivity index (χ0) is 15.9. The fraction of sp³-hybridized carbons (Fsp3) is 0.357. The monoisotopic (exact) mass is 342 g/mol. The number of hydrogen-bond donors (Lipinski definition) is 0. The molecule has 1 aliphatic rings. The molecule has 1 fully saturated rings. The second-order valence-corrected chi connectivity index (χ2v) is 5.61. The van der Waals surface area contributed by atoms with E-state index >= 15 is 0 Å². The molecule has 0 aliphatic heterocycles. The third-order valence-corrected chi connectivity index (χ3v) is 3.98. The third-order valence-electron chi connectivity index (χ3n) is 3.41. The Labute approximate surface area is 136 Å². The van der Waals surface area contributed by atoms with Crippen LogP contribution in [-0.2, 0) is 4.74 Å². The van der Waals surface area contributed by atoms with Crippen molar-refractivity contribution >= 4 is 29.2 Å². The summed E-state index contributed by atoms with van der Waals surface area (Å²) in [6.07, 6.45) is 1.89. The Morgan fingerprint density at radius 1 is 1.36 bits per heavy atom. The summed E-state index contributed by atoms with van der Waals surface area (Å²) in [7, 11) is 2.75. The number of aromatic nitrogens is 2. The Morgan fingerprint density at radius 3 is 2.64 bits per heavy atom. The molecule has 1 saturated carbocycles. The van der Waals surface area contributed by atoms with E-state index in [1.165, 1.54) is 20.3 Å². The molecule has 3 rings (SSSR count). The fourth-order valence-corrected chi connectivity index (χ4v) is 2.77. The first kappa shape index (κ1) is 15.1. The minimum absolute atomic E-state index is 0.0742. The van der Waals surface area contributed by atoms with Crippen LogP contribution in [0.15, 0.2) is 10.6 Å². The topological polar surface area (TPSA) is 74.5 Å². The van der Waals surface area contributed by atoms with Gasteiger partial charge < -0.3 is 14.0 Å². The molecule has 0 amide bonds. The van der Waals surface area contributed by atoms with Crippen molar-refractivity contribution in [3.05, 3.63) is 27.6 Å². The summed E-state index contributed by atoms with van der Waals surface area (Å²) >= 11 is 12.4. The number of nitrogens with zero attached hydrogens (tertiary/aromatic N) is 2. The molecular weight excluding hydrogens is 331 g/mol. The summed E-state index contributed by atoms with van der Waals surface area (Å²) in [5, 5.41) is 4.30. The van der Waals surface area contributed by atoms with Crippen LogP contribution in [0.1, 0.15) is 34.9 Å². The van der Waals surface area contributed by atoms with Crippen LogP contribution in [0.2, 0.25) is 10.2 Å². The Kier molecular flexibility index (Phi) is 3.97. The number of rotatable bonds is 4. The zero-order valence-corrected chi connectivity index (χ0v) is 13.4. The minimum Gasteiger partial charge on any atom is -0.481 e. The molecule has 8 heteroatoms. The number of pyridine rings is 1.